The van der Waals surface area contributed by atoms with Crippen LogP contribution < -0.4 is 0 Å². The molecule has 1 heterocycles. The standard InChI is InChI=1S/C49H88O10/c1-3-5-7-9-11-13-15-16-17-18-19-20-21-22-23-24-25-26-28-29-31-33-35-37-44(51)56-40-42(41-57-49-48(55)47(54)46(53)43(39-50)59-49)58-45(52)38-36-34-32-30-27-14-12-10-8-6-4-2/h10,12,24-25,29,31,42-43,46-50,53-55H,3-9,11,13-23,26-28,30,32-41H2,1-2H3/b12-10+,25-24+,31-29+/t42-,43-,46+,47?,48?,49-/m0/s1. The molecular weight excluding hydrogens is 749 g/mol. The molecule has 0 spiro atoms. The minimum Gasteiger partial charge on any atom is -0.462 e. The van der Waals surface area contributed by atoms with Crippen molar-refractivity contribution in [3.63, 3.8) is 0 Å². The number of ether oxygens (including phenoxy) is 4. The lowest BCUT2D eigenvalue weighted by atomic mass is 9.99. The van der Waals surface area contributed by atoms with Crippen LogP contribution in [0.1, 0.15) is 206 Å². The number of carbonyl (C=O) groups is 2. The highest BCUT2D eigenvalue weighted by Crippen LogP contribution is 2.23. The van der Waals surface area contributed by atoms with E-state index in [0.717, 1.165) is 64.2 Å². The molecule has 1 aliphatic heterocycles. The van der Waals surface area contributed by atoms with Gasteiger partial charge in [0.05, 0.1) is 13.2 Å². The molecule has 0 saturated carbocycles. The van der Waals surface area contributed by atoms with Crippen LogP contribution in [-0.2, 0) is 28.5 Å². The van der Waals surface area contributed by atoms with E-state index in [4.69, 9.17) is 18.9 Å². The van der Waals surface area contributed by atoms with Crippen molar-refractivity contribution in [3.05, 3.63) is 36.5 Å². The van der Waals surface area contributed by atoms with Crippen molar-refractivity contribution in [1.82, 2.24) is 0 Å². The number of unbranched alkanes of at least 4 members (excludes halogenated alkanes) is 23. The lowest BCUT2D eigenvalue weighted by Crippen LogP contribution is -2.59. The predicted octanol–water partition coefficient (Wildman–Crippen LogP) is 10.7. The Bertz CT molecular complexity index is 1060. The third-order valence-corrected chi connectivity index (χ3v) is 11.0. The first-order chi connectivity index (χ1) is 28.8. The summed E-state index contributed by atoms with van der Waals surface area (Å²) in [6.45, 7) is 3.35. The van der Waals surface area contributed by atoms with Gasteiger partial charge in [-0.05, 0) is 64.2 Å². The number of carbonyl (C=O) groups excluding carboxylic acids is 2. The molecule has 0 bridgehead atoms. The SMILES string of the molecule is CCCC/C=C/CCCCCCCC(=O)O[C@@H](COC(=O)CCC/C=C/CC/C=C/CCCCCCCCCCCCCCCC)CO[C@H]1O[C@@H](CO)[C@@H](O)C(O)C1O. The lowest BCUT2D eigenvalue weighted by Gasteiger charge is -2.39. The number of aliphatic hydroxyl groups excluding tert-OH is 4. The van der Waals surface area contributed by atoms with Crippen LogP contribution in [0.5, 0.6) is 0 Å². The number of aliphatic hydroxyl groups is 4. The second-order valence-corrected chi connectivity index (χ2v) is 16.5. The smallest absolute Gasteiger partial charge is 0.306 e. The molecule has 0 aliphatic carbocycles. The predicted molar refractivity (Wildman–Crippen MR) is 238 cm³/mol. The molecule has 10 heteroatoms. The average molecular weight is 837 g/mol. The quantitative estimate of drug-likeness (QED) is 0.0267. The summed E-state index contributed by atoms with van der Waals surface area (Å²) in [5.74, 6) is -0.865. The molecule has 10 nitrogen and oxygen atoms in total. The molecule has 1 rings (SSSR count). The summed E-state index contributed by atoms with van der Waals surface area (Å²) in [5, 5.41) is 40.0. The topological polar surface area (TPSA) is 152 Å². The van der Waals surface area contributed by atoms with Crippen LogP contribution in [0.25, 0.3) is 0 Å². The summed E-state index contributed by atoms with van der Waals surface area (Å²) >= 11 is 0. The number of esters is 2. The van der Waals surface area contributed by atoms with Crippen LogP contribution in [0, 0.1) is 0 Å². The average Bonchev–Trinajstić information content (AvgIpc) is 3.23. The van der Waals surface area contributed by atoms with Gasteiger partial charge < -0.3 is 39.4 Å². The summed E-state index contributed by atoms with van der Waals surface area (Å²) < 4.78 is 22.1. The molecule has 59 heavy (non-hydrogen) atoms. The van der Waals surface area contributed by atoms with Gasteiger partial charge in [-0.1, -0.05) is 166 Å². The van der Waals surface area contributed by atoms with Crippen molar-refractivity contribution in [2.75, 3.05) is 19.8 Å². The lowest BCUT2D eigenvalue weighted by molar-refractivity contribution is -0.305. The van der Waals surface area contributed by atoms with E-state index in [0.29, 0.717) is 12.8 Å². The monoisotopic (exact) mass is 837 g/mol. The number of hydrogen-bond donors (Lipinski definition) is 4. The van der Waals surface area contributed by atoms with E-state index in [1.165, 1.54) is 103 Å². The first kappa shape index (κ1) is 54.9. The largest absolute Gasteiger partial charge is 0.462 e. The minimum absolute atomic E-state index is 0.211. The fourth-order valence-corrected chi connectivity index (χ4v) is 7.13. The molecule has 0 radical (unpaired) electrons. The van der Waals surface area contributed by atoms with Crippen LogP contribution in [0.2, 0.25) is 0 Å². The maximum Gasteiger partial charge on any atom is 0.306 e. The number of rotatable bonds is 40. The van der Waals surface area contributed by atoms with Crippen molar-refractivity contribution in [2.45, 2.75) is 243 Å². The summed E-state index contributed by atoms with van der Waals surface area (Å²) in [7, 11) is 0. The van der Waals surface area contributed by atoms with Crippen LogP contribution in [0.3, 0.4) is 0 Å². The summed E-state index contributed by atoms with van der Waals surface area (Å²) in [4.78, 5) is 25.3. The molecule has 0 aromatic rings. The van der Waals surface area contributed by atoms with E-state index in [1.54, 1.807) is 0 Å². The Morgan fingerprint density at radius 3 is 1.47 bits per heavy atom. The second kappa shape index (κ2) is 40.0. The molecule has 1 fully saturated rings. The van der Waals surface area contributed by atoms with Gasteiger partial charge in [-0.3, -0.25) is 9.59 Å². The van der Waals surface area contributed by atoms with Gasteiger partial charge in [0.25, 0.3) is 0 Å². The van der Waals surface area contributed by atoms with Gasteiger partial charge >= 0.3 is 11.9 Å². The molecule has 1 saturated heterocycles. The molecule has 0 aromatic carbocycles. The van der Waals surface area contributed by atoms with Gasteiger partial charge in [0.2, 0.25) is 0 Å². The Kier molecular flexibility index (Phi) is 37.3. The van der Waals surface area contributed by atoms with E-state index in [2.05, 4.69) is 50.3 Å². The van der Waals surface area contributed by atoms with Crippen LogP contribution in [-0.4, -0.2) is 89.0 Å². The van der Waals surface area contributed by atoms with Gasteiger partial charge in [0, 0.05) is 12.8 Å². The zero-order chi connectivity index (χ0) is 43.0. The molecule has 0 aromatic heterocycles. The van der Waals surface area contributed by atoms with E-state index >= 15 is 0 Å². The van der Waals surface area contributed by atoms with Crippen LogP contribution in [0.4, 0.5) is 0 Å². The maximum atomic E-state index is 12.7. The van der Waals surface area contributed by atoms with E-state index < -0.39 is 55.4 Å². The van der Waals surface area contributed by atoms with Gasteiger partial charge in [-0.2, -0.15) is 0 Å². The molecule has 0 amide bonds. The second-order valence-electron chi connectivity index (χ2n) is 16.5. The van der Waals surface area contributed by atoms with E-state index in [1.807, 2.05) is 0 Å². The third kappa shape index (κ3) is 31.4. The summed E-state index contributed by atoms with van der Waals surface area (Å²) in [6, 6.07) is 0. The molecule has 6 atom stereocenters. The molecule has 344 valence electrons. The van der Waals surface area contributed by atoms with Crippen molar-refractivity contribution < 1.29 is 49.0 Å². The van der Waals surface area contributed by atoms with E-state index in [9.17, 15) is 30.0 Å². The Labute approximate surface area is 359 Å². The van der Waals surface area contributed by atoms with Gasteiger partial charge in [-0.25, -0.2) is 0 Å². The summed E-state index contributed by atoms with van der Waals surface area (Å²) in [6.07, 6.45) is 38.9. The van der Waals surface area contributed by atoms with Gasteiger partial charge in [-0.15, -0.1) is 0 Å². The highest BCUT2D eigenvalue weighted by Gasteiger charge is 2.44. The van der Waals surface area contributed by atoms with Crippen molar-refractivity contribution in [2.24, 2.45) is 0 Å². The highest BCUT2D eigenvalue weighted by molar-refractivity contribution is 5.70. The Balaban J connectivity index is 2.26. The maximum absolute atomic E-state index is 12.7. The first-order valence-electron chi connectivity index (χ1n) is 24.1. The fourth-order valence-electron chi connectivity index (χ4n) is 7.13. The Morgan fingerprint density at radius 2 is 0.949 bits per heavy atom. The highest BCUT2D eigenvalue weighted by atomic mass is 16.7. The normalized spacial score (nSPS) is 20.3. The van der Waals surface area contributed by atoms with Crippen LogP contribution >= 0.6 is 0 Å². The minimum atomic E-state index is -1.60. The van der Waals surface area contributed by atoms with Crippen molar-refractivity contribution in [3.8, 4) is 0 Å². The summed E-state index contributed by atoms with van der Waals surface area (Å²) in [5.41, 5.74) is 0. The van der Waals surface area contributed by atoms with Crippen molar-refractivity contribution in [1.29, 1.82) is 0 Å². The number of allylic oxidation sites excluding steroid dienone is 6. The number of hydrogen-bond acceptors (Lipinski definition) is 10. The molecule has 1 aliphatic rings. The van der Waals surface area contributed by atoms with Crippen LogP contribution in [0.15, 0.2) is 36.5 Å². The third-order valence-electron chi connectivity index (χ3n) is 11.0. The zero-order valence-corrected chi connectivity index (χ0v) is 37.5. The molecular formula is C49H88O10. The van der Waals surface area contributed by atoms with Gasteiger partial charge in [0.1, 0.15) is 31.0 Å². The van der Waals surface area contributed by atoms with Crippen molar-refractivity contribution >= 4 is 11.9 Å². The molecule has 4 N–H and O–H groups in total. The Morgan fingerprint density at radius 1 is 0.508 bits per heavy atom. The fraction of sp³-hybridized carbons (Fsp3) is 0.837. The van der Waals surface area contributed by atoms with Gasteiger partial charge in [0.15, 0.2) is 12.4 Å². The Hall–Kier alpha value is -2.08. The molecule has 2 unspecified atom stereocenters. The first-order valence-corrected chi connectivity index (χ1v) is 24.1. The zero-order valence-electron chi connectivity index (χ0n) is 37.5. The van der Waals surface area contributed by atoms with E-state index in [-0.39, 0.29) is 26.1 Å².